The standard InChI is InChI=1S/C53H72N12O16S/c1-27(45(72)59-34(19-20-82-4)46(73)63-39(53(80)81)25-41(56)70)57-47(74)36(23-32-15-17-33(68)18-16-32)61-51(78)44(29(3)67)65-50(77)38(24-40(55)69)60-48(75)37(22-31-13-9-6-10-14-31)62-52(79)43(28(2)66)64-49(76)35(58-42(71)26-54)21-30-11-7-5-8-12-30/h5-18,27-29,34-39,43-44,66-68H,19-26,54H2,1-4H3,(H2,55,69)(H2,56,70)(H,57,74)(H,58,71)(H,59,72)(H,60,75)(H,61,78)(H,62,79)(H,63,73)(H,64,76)(H,65,77)(H,80,81)/t27-,28+,29+,34-,35-,36-,37-,38-,39-,43-,44-/m0/s1. The van der Waals surface area contributed by atoms with Crippen LogP contribution < -0.4 is 65.1 Å². The molecule has 0 aliphatic heterocycles. The van der Waals surface area contributed by atoms with Crippen LogP contribution in [0.5, 0.6) is 5.75 Å². The molecule has 82 heavy (non-hydrogen) atoms. The minimum Gasteiger partial charge on any atom is -0.508 e. The van der Waals surface area contributed by atoms with Gasteiger partial charge in [-0.25, -0.2) is 4.79 Å². The zero-order chi connectivity index (χ0) is 61.2. The lowest BCUT2D eigenvalue weighted by atomic mass is 10.0. The smallest absolute Gasteiger partial charge is 0.326 e. The Labute approximate surface area is 476 Å². The summed E-state index contributed by atoms with van der Waals surface area (Å²) in [5.41, 5.74) is 17.6. The van der Waals surface area contributed by atoms with Gasteiger partial charge in [-0.15, -0.1) is 0 Å². The highest BCUT2D eigenvalue weighted by molar-refractivity contribution is 7.98. The average molecular weight is 1170 g/mol. The summed E-state index contributed by atoms with van der Waals surface area (Å²) in [6.45, 7) is 3.02. The third-order valence-corrected chi connectivity index (χ3v) is 12.9. The van der Waals surface area contributed by atoms with Crippen LogP contribution in [-0.2, 0) is 76.8 Å². The SMILES string of the molecule is CSCC[C@H](NC(=O)[C@H](C)NC(=O)[C@H](Cc1ccc(O)cc1)NC(=O)[C@@H](NC(=O)[C@H](CC(N)=O)NC(=O)[C@H](Cc1ccccc1)NC(=O)[C@@H](NC(=O)[C@H](Cc1ccccc1)NC(=O)CN)[C@@H](C)O)[C@@H](C)O)C(=O)N[C@@H](CC(N)=O)C(=O)O. The molecule has 0 unspecified atom stereocenters. The molecule has 3 rings (SSSR count). The molecule has 0 heterocycles. The number of nitrogens with one attached hydrogen (secondary N) is 9. The molecule has 28 nitrogen and oxygen atoms in total. The van der Waals surface area contributed by atoms with Gasteiger partial charge >= 0.3 is 5.97 Å². The van der Waals surface area contributed by atoms with Crippen molar-refractivity contribution >= 4 is 82.7 Å². The molecule has 0 aliphatic carbocycles. The van der Waals surface area contributed by atoms with Crippen molar-refractivity contribution < 1.29 is 78.0 Å². The average Bonchev–Trinajstić information content (AvgIpc) is 3.48. The second kappa shape index (κ2) is 33.8. The number of amides is 11. The Morgan fingerprint density at radius 2 is 0.829 bits per heavy atom. The van der Waals surface area contributed by atoms with E-state index in [0.29, 0.717) is 22.4 Å². The Bertz CT molecular complexity index is 2710. The number of aliphatic hydroxyl groups is 2. The number of phenolic OH excluding ortho intramolecular Hbond substituents is 1. The van der Waals surface area contributed by atoms with Crippen LogP contribution in [0.3, 0.4) is 0 Å². The molecule has 446 valence electrons. The number of nitrogens with two attached hydrogens (primary N) is 3. The van der Waals surface area contributed by atoms with Gasteiger partial charge in [-0.05, 0) is 68.0 Å². The fraction of sp³-hybridized carbons (Fsp3) is 0.434. The first kappa shape index (κ1) is 67.6. The summed E-state index contributed by atoms with van der Waals surface area (Å²) in [5.74, 6) is -12.8. The fourth-order valence-electron chi connectivity index (χ4n) is 7.83. The number of carboxylic acids is 1. The summed E-state index contributed by atoms with van der Waals surface area (Å²) in [5, 5.41) is 62.5. The van der Waals surface area contributed by atoms with Crippen molar-refractivity contribution in [1.29, 1.82) is 0 Å². The van der Waals surface area contributed by atoms with Crippen LogP contribution in [0.1, 0.15) is 56.7 Å². The number of phenols is 1. The van der Waals surface area contributed by atoms with Crippen LogP contribution in [0.15, 0.2) is 84.9 Å². The quantitative estimate of drug-likeness (QED) is 0.0267. The van der Waals surface area contributed by atoms with Gasteiger partial charge < -0.3 is 85.5 Å². The summed E-state index contributed by atoms with van der Waals surface area (Å²) in [4.78, 5) is 159. The Balaban J connectivity index is 1.89. The van der Waals surface area contributed by atoms with Gasteiger partial charge in [-0.1, -0.05) is 72.8 Å². The van der Waals surface area contributed by atoms with E-state index in [9.17, 15) is 78.0 Å². The molecular formula is C53H72N12O16S. The van der Waals surface area contributed by atoms with Crippen molar-refractivity contribution in [3.05, 3.63) is 102 Å². The molecule has 11 amide bonds. The van der Waals surface area contributed by atoms with Gasteiger partial charge in [0, 0.05) is 19.3 Å². The molecule has 3 aromatic rings. The molecule has 0 aliphatic rings. The number of aliphatic hydroxyl groups excluding tert-OH is 2. The number of primary amides is 2. The van der Waals surface area contributed by atoms with Crippen molar-refractivity contribution in [3.63, 3.8) is 0 Å². The van der Waals surface area contributed by atoms with Crippen LogP contribution in [0.2, 0.25) is 0 Å². The van der Waals surface area contributed by atoms with Crippen molar-refractivity contribution in [2.24, 2.45) is 17.2 Å². The van der Waals surface area contributed by atoms with E-state index in [1.54, 1.807) is 66.9 Å². The predicted molar refractivity (Wildman–Crippen MR) is 296 cm³/mol. The van der Waals surface area contributed by atoms with E-state index in [4.69, 9.17) is 17.2 Å². The maximum atomic E-state index is 14.3. The van der Waals surface area contributed by atoms with Crippen molar-refractivity contribution in [2.75, 3.05) is 18.6 Å². The predicted octanol–water partition coefficient (Wildman–Crippen LogP) is -4.89. The van der Waals surface area contributed by atoms with E-state index in [-0.39, 0.29) is 31.4 Å². The molecule has 0 radical (unpaired) electrons. The Kier molecular flexibility index (Phi) is 27.9. The fourth-order valence-corrected chi connectivity index (χ4v) is 8.30. The van der Waals surface area contributed by atoms with Crippen molar-refractivity contribution in [1.82, 2.24) is 47.9 Å². The number of hydrogen-bond acceptors (Lipinski definition) is 17. The third-order valence-electron chi connectivity index (χ3n) is 12.2. The minimum atomic E-state index is -1.95. The lowest BCUT2D eigenvalue weighted by Gasteiger charge is -2.29. The Morgan fingerprint density at radius 1 is 0.463 bits per heavy atom. The van der Waals surface area contributed by atoms with E-state index in [1.165, 1.54) is 49.9 Å². The zero-order valence-electron chi connectivity index (χ0n) is 45.4. The first-order valence-corrected chi connectivity index (χ1v) is 27.0. The van der Waals surface area contributed by atoms with Crippen molar-refractivity contribution in [2.45, 2.75) is 126 Å². The van der Waals surface area contributed by atoms with Crippen LogP contribution in [-0.4, -0.2) is 177 Å². The maximum Gasteiger partial charge on any atom is 0.326 e. The van der Waals surface area contributed by atoms with Crippen LogP contribution in [0.4, 0.5) is 0 Å². The zero-order valence-corrected chi connectivity index (χ0v) is 46.2. The number of rotatable bonds is 34. The Hall–Kier alpha value is -8.67. The monoisotopic (exact) mass is 1160 g/mol. The molecule has 0 fully saturated rings. The van der Waals surface area contributed by atoms with Gasteiger partial charge in [0.1, 0.15) is 60.1 Å². The van der Waals surface area contributed by atoms with Gasteiger partial charge in [-0.2, -0.15) is 11.8 Å². The molecule has 0 spiro atoms. The summed E-state index contributed by atoms with van der Waals surface area (Å²) >= 11 is 1.29. The van der Waals surface area contributed by atoms with Crippen molar-refractivity contribution in [3.8, 4) is 5.75 Å². The molecule has 3 aromatic carbocycles. The lowest BCUT2D eigenvalue weighted by molar-refractivity contribution is -0.143. The topological polar surface area (TPSA) is 472 Å². The number of benzene rings is 3. The summed E-state index contributed by atoms with van der Waals surface area (Å²) in [6.07, 6.45) is -4.02. The van der Waals surface area contributed by atoms with E-state index in [2.05, 4.69) is 47.9 Å². The van der Waals surface area contributed by atoms with E-state index >= 15 is 0 Å². The molecule has 0 aromatic heterocycles. The summed E-state index contributed by atoms with van der Waals surface area (Å²) < 4.78 is 0. The van der Waals surface area contributed by atoms with E-state index in [1.807, 2.05) is 0 Å². The number of aliphatic carboxylic acids is 1. The Morgan fingerprint density at radius 3 is 1.26 bits per heavy atom. The molecule has 0 saturated carbocycles. The third kappa shape index (κ3) is 23.2. The molecule has 19 N–H and O–H groups in total. The van der Waals surface area contributed by atoms with Gasteiger partial charge in [0.05, 0.1) is 31.6 Å². The first-order valence-electron chi connectivity index (χ1n) is 25.7. The normalized spacial score (nSPS) is 15.0. The van der Waals surface area contributed by atoms with Gasteiger partial charge in [0.25, 0.3) is 0 Å². The summed E-state index contributed by atoms with van der Waals surface area (Å²) in [6, 6.07) is 7.33. The number of carbonyl (C=O) groups excluding carboxylic acids is 11. The maximum absolute atomic E-state index is 14.3. The van der Waals surface area contributed by atoms with Gasteiger partial charge in [0.15, 0.2) is 0 Å². The highest BCUT2D eigenvalue weighted by atomic mass is 32.2. The first-order chi connectivity index (χ1) is 38.7. The number of aromatic hydroxyl groups is 1. The van der Waals surface area contributed by atoms with Gasteiger partial charge in [-0.3, -0.25) is 52.7 Å². The largest absolute Gasteiger partial charge is 0.508 e. The lowest BCUT2D eigenvalue weighted by Crippen LogP contribution is -2.63. The number of thioether (sulfide) groups is 1. The second-order valence-corrected chi connectivity index (χ2v) is 20.0. The van der Waals surface area contributed by atoms with E-state index < -0.39 is 157 Å². The highest BCUT2D eigenvalue weighted by Gasteiger charge is 2.37. The van der Waals surface area contributed by atoms with E-state index in [0.717, 1.165) is 6.92 Å². The summed E-state index contributed by atoms with van der Waals surface area (Å²) in [7, 11) is 0. The molecular weight excluding hydrogens is 1090 g/mol. The highest BCUT2D eigenvalue weighted by Crippen LogP contribution is 2.14. The number of hydrogen-bond donors (Lipinski definition) is 16. The van der Waals surface area contributed by atoms with Crippen LogP contribution in [0.25, 0.3) is 0 Å². The minimum absolute atomic E-state index is 0.0226. The number of carbonyl (C=O) groups is 12. The molecule has 11 atom stereocenters. The molecule has 29 heteroatoms. The van der Waals surface area contributed by atoms with Gasteiger partial charge in [0.2, 0.25) is 65.0 Å². The molecule has 0 bridgehead atoms. The second-order valence-electron chi connectivity index (χ2n) is 19.0. The molecule has 0 saturated heterocycles. The van der Waals surface area contributed by atoms with Crippen LogP contribution >= 0.6 is 11.8 Å². The number of carboxylic acid groups (broad SMARTS) is 1. The van der Waals surface area contributed by atoms with Crippen LogP contribution in [0, 0.1) is 0 Å².